The zero-order valence-corrected chi connectivity index (χ0v) is 10.9. The Balaban J connectivity index is 2.95. The first-order valence-corrected chi connectivity index (χ1v) is 6.00. The van der Waals surface area contributed by atoms with E-state index in [1.165, 1.54) is 11.5 Å². The molecule has 0 fully saturated rings. The molecule has 1 heterocycles. The van der Waals surface area contributed by atoms with Crippen molar-refractivity contribution in [3.05, 3.63) is 0 Å². The second-order valence-electron chi connectivity index (χ2n) is 4.01. The molecule has 0 aliphatic heterocycles. The van der Waals surface area contributed by atoms with Gasteiger partial charge >= 0.3 is 0 Å². The summed E-state index contributed by atoms with van der Waals surface area (Å²) in [6.07, 6.45) is 0.0512. The molecule has 1 atom stereocenters. The second kappa shape index (κ2) is 5.36. The smallest absolute Gasteiger partial charge is 0.198 e. The van der Waals surface area contributed by atoms with E-state index in [-0.39, 0.29) is 18.8 Å². The van der Waals surface area contributed by atoms with Crippen molar-refractivity contribution in [2.75, 3.05) is 24.3 Å². The van der Waals surface area contributed by atoms with Gasteiger partial charge in [0.1, 0.15) is 0 Å². The molecule has 3 N–H and O–H groups in total. The third kappa shape index (κ3) is 2.76. The lowest BCUT2D eigenvalue weighted by Crippen LogP contribution is -2.31. The zero-order chi connectivity index (χ0) is 12.3. The van der Waals surface area contributed by atoms with E-state index in [9.17, 15) is 0 Å². The first-order chi connectivity index (χ1) is 7.47. The third-order valence-corrected chi connectivity index (χ3v) is 3.19. The van der Waals surface area contributed by atoms with Crippen molar-refractivity contribution in [3.63, 3.8) is 0 Å². The Labute approximate surface area is 100.0 Å². The lowest BCUT2D eigenvalue weighted by Gasteiger charge is -2.24. The summed E-state index contributed by atoms with van der Waals surface area (Å²) < 4.78 is 9.71. The fraction of sp³-hybridized carbons (Fsp3) is 0.700. The summed E-state index contributed by atoms with van der Waals surface area (Å²) in [5.74, 6) is 1.02. The molecule has 0 radical (unpaired) electrons. The maximum atomic E-state index is 9.12. The van der Waals surface area contributed by atoms with Crippen LogP contribution < -0.4 is 15.4 Å². The van der Waals surface area contributed by atoms with Gasteiger partial charge in [-0.3, -0.25) is 0 Å². The summed E-state index contributed by atoms with van der Waals surface area (Å²) >= 11 is 1.28. The number of ether oxygens (including phenoxy) is 1. The first-order valence-electron chi connectivity index (χ1n) is 5.22. The Hall–Kier alpha value is -1.01. The maximum absolute atomic E-state index is 9.12. The Bertz CT molecular complexity index is 341. The van der Waals surface area contributed by atoms with Crippen LogP contribution in [0.5, 0.6) is 5.75 Å². The molecule has 1 unspecified atom stereocenters. The van der Waals surface area contributed by atoms with Gasteiger partial charge in [0, 0.05) is 13.1 Å². The summed E-state index contributed by atoms with van der Waals surface area (Å²) in [5, 5.41) is 9.97. The Morgan fingerprint density at radius 1 is 1.50 bits per heavy atom. The van der Waals surface area contributed by atoms with Crippen LogP contribution in [0.4, 0.5) is 10.8 Å². The minimum Gasteiger partial charge on any atom is -0.484 e. The van der Waals surface area contributed by atoms with E-state index in [0.29, 0.717) is 11.6 Å². The number of nitrogen functional groups attached to an aromatic ring is 1. The average molecular weight is 245 g/mol. The van der Waals surface area contributed by atoms with E-state index in [1.807, 2.05) is 32.7 Å². The van der Waals surface area contributed by atoms with E-state index in [4.69, 9.17) is 15.6 Å². The summed E-state index contributed by atoms with van der Waals surface area (Å²) in [6.45, 7) is 5.89. The minimum absolute atomic E-state index is 0.00867. The predicted octanol–water partition coefficient (Wildman–Crippen LogP) is 1.33. The van der Waals surface area contributed by atoms with Gasteiger partial charge in [-0.25, -0.2) is 0 Å². The molecule has 92 valence electrons. The molecule has 0 amide bonds. The van der Waals surface area contributed by atoms with E-state index in [0.717, 1.165) is 5.00 Å². The third-order valence-electron chi connectivity index (χ3n) is 2.26. The molecule has 1 aromatic heterocycles. The van der Waals surface area contributed by atoms with E-state index in [1.54, 1.807) is 0 Å². The maximum Gasteiger partial charge on any atom is 0.198 e. The molecule has 1 aromatic rings. The van der Waals surface area contributed by atoms with Crippen molar-refractivity contribution < 1.29 is 9.84 Å². The molecule has 16 heavy (non-hydrogen) atoms. The summed E-state index contributed by atoms with van der Waals surface area (Å²) in [7, 11) is 1.89. The highest BCUT2D eigenvalue weighted by atomic mass is 32.1. The van der Waals surface area contributed by atoms with Crippen LogP contribution >= 0.6 is 11.5 Å². The van der Waals surface area contributed by atoms with E-state index >= 15 is 0 Å². The van der Waals surface area contributed by atoms with Gasteiger partial charge in [0.15, 0.2) is 16.6 Å². The molecule has 0 saturated carbocycles. The summed E-state index contributed by atoms with van der Waals surface area (Å²) in [6, 6.07) is 0.00867. The number of aliphatic hydroxyl groups is 1. The van der Waals surface area contributed by atoms with Gasteiger partial charge in [-0.15, -0.1) is 0 Å². The van der Waals surface area contributed by atoms with Crippen LogP contribution in [0.15, 0.2) is 0 Å². The molecule has 0 aliphatic carbocycles. The van der Waals surface area contributed by atoms with Crippen LogP contribution in [0, 0.1) is 0 Å². The summed E-state index contributed by atoms with van der Waals surface area (Å²) in [4.78, 5) is 1.92. The Kier molecular flexibility index (Phi) is 4.37. The predicted molar refractivity (Wildman–Crippen MR) is 67.2 cm³/mol. The number of nitrogens with zero attached hydrogens (tertiary/aromatic N) is 2. The largest absolute Gasteiger partial charge is 0.484 e. The van der Waals surface area contributed by atoms with Gasteiger partial charge in [-0.2, -0.15) is 4.37 Å². The van der Waals surface area contributed by atoms with Crippen molar-refractivity contribution in [2.24, 2.45) is 0 Å². The minimum atomic E-state index is 0.00867. The van der Waals surface area contributed by atoms with Gasteiger partial charge in [-0.05, 0) is 32.3 Å². The van der Waals surface area contributed by atoms with Crippen LogP contribution in [0.3, 0.4) is 0 Å². The van der Waals surface area contributed by atoms with Crippen LogP contribution in [-0.4, -0.2) is 35.3 Å². The van der Waals surface area contributed by atoms with E-state index in [2.05, 4.69) is 4.37 Å². The number of hydrogen-bond donors (Lipinski definition) is 2. The lowest BCUT2D eigenvalue weighted by atomic mass is 10.3. The van der Waals surface area contributed by atoms with Gasteiger partial charge in [0.05, 0.1) is 12.7 Å². The molecule has 0 spiro atoms. The Morgan fingerprint density at radius 2 is 2.12 bits per heavy atom. The molecule has 0 aliphatic rings. The number of anilines is 2. The number of aliphatic hydroxyl groups excluding tert-OH is 1. The van der Waals surface area contributed by atoms with Crippen molar-refractivity contribution in [1.82, 2.24) is 4.37 Å². The van der Waals surface area contributed by atoms with Crippen LogP contribution in [0.2, 0.25) is 0 Å². The van der Waals surface area contributed by atoms with E-state index < -0.39 is 0 Å². The van der Waals surface area contributed by atoms with Crippen LogP contribution in [0.25, 0.3) is 0 Å². The second-order valence-corrected chi connectivity index (χ2v) is 4.76. The van der Waals surface area contributed by atoms with Crippen molar-refractivity contribution in [1.29, 1.82) is 0 Å². The number of aromatic nitrogens is 1. The molecule has 1 rings (SSSR count). The van der Waals surface area contributed by atoms with Gasteiger partial charge in [0.25, 0.3) is 0 Å². The number of likely N-dealkylation sites (N-methyl/N-ethyl adjacent to an activating group) is 1. The molecular weight excluding hydrogens is 226 g/mol. The highest BCUT2D eigenvalue weighted by Crippen LogP contribution is 2.38. The molecule has 5 nitrogen and oxygen atoms in total. The SMILES string of the molecule is CC(C)Oc1c(N)nsc1N(C)C(C)CO. The lowest BCUT2D eigenvalue weighted by molar-refractivity contribution is 0.242. The van der Waals surface area contributed by atoms with Crippen molar-refractivity contribution >= 4 is 22.4 Å². The normalized spacial score (nSPS) is 12.9. The highest BCUT2D eigenvalue weighted by molar-refractivity contribution is 7.11. The monoisotopic (exact) mass is 245 g/mol. The topological polar surface area (TPSA) is 71.6 Å². The summed E-state index contributed by atoms with van der Waals surface area (Å²) in [5.41, 5.74) is 5.75. The van der Waals surface area contributed by atoms with Crippen molar-refractivity contribution in [3.8, 4) is 5.75 Å². The van der Waals surface area contributed by atoms with Crippen LogP contribution in [-0.2, 0) is 0 Å². The fourth-order valence-electron chi connectivity index (χ4n) is 1.18. The molecule has 0 bridgehead atoms. The molecule has 0 aromatic carbocycles. The average Bonchev–Trinajstić information content (AvgIpc) is 2.58. The van der Waals surface area contributed by atoms with Gasteiger partial charge in [0.2, 0.25) is 0 Å². The molecule has 6 heteroatoms. The van der Waals surface area contributed by atoms with Gasteiger partial charge < -0.3 is 20.5 Å². The number of hydrogen-bond acceptors (Lipinski definition) is 6. The highest BCUT2D eigenvalue weighted by Gasteiger charge is 2.20. The standard InChI is InChI=1S/C10H19N3O2S/c1-6(2)15-8-9(11)12-16-10(8)13(4)7(3)5-14/h6-7,14H,5H2,1-4H3,(H2,11,12). The fourth-order valence-corrected chi connectivity index (χ4v) is 1.99. The Morgan fingerprint density at radius 3 is 2.62 bits per heavy atom. The van der Waals surface area contributed by atoms with Gasteiger partial charge in [-0.1, -0.05) is 0 Å². The van der Waals surface area contributed by atoms with Crippen molar-refractivity contribution in [2.45, 2.75) is 32.9 Å². The molecular formula is C10H19N3O2S. The number of rotatable bonds is 5. The molecule has 0 saturated heterocycles. The quantitative estimate of drug-likeness (QED) is 0.819. The van der Waals surface area contributed by atoms with Crippen LogP contribution in [0.1, 0.15) is 20.8 Å². The number of nitrogens with two attached hydrogens (primary N) is 1. The zero-order valence-electron chi connectivity index (χ0n) is 10.1. The first kappa shape index (κ1) is 13.1.